The summed E-state index contributed by atoms with van der Waals surface area (Å²) < 4.78 is 23.7. The van der Waals surface area contributed by atoms with E-state index in [2.05, 4.69) is 4.72 Å². The fourth-order valence-electron chi connectivity index (χ4n) is 0.992. The minimum Gasteiger partial charge on any atom is -0.342 e. The van der Waals surface area contributed by atoms with Crippen molar-refractivity contribution in [1.82, 2.24) is 9.62 Å². The molecule has 0 heterocycles. The van der Waals surface area contributed by atoms with Crippen LogP contribution in [0.1, 0.15) is 20.8 Å². The molecule has 5 nitrogen and oxygen atoms in total. The third-order valence-electron chi connectivity index (χ3n) is 2.45. The highest BCUT2D eigenvalue weighted by atomic mass is 32.2. The lowest BCUT2D eigenvalue weighted by Crippen LogP contribution is -2.43. The minimum absolute atomic E-state index is 0.0962. The molecule has 0 fully saturated rings. The summed E-state index contributed by atoms with van der Waals surface area (Å²) in [4.78, 5) is 13.1. The Hall–Kier alpha value is -0.620. The Morgan fingerprint density at radius 1 is 1.33 bits per heavy atom. The van der Waals surface area contributed by atoms with Crippen LogP contribution in [-0.4, -0.2) is 45.1 Å². The maximum atomic E-state index is 11.5. The molecular formula is C9H20N2O3S. The van der Waals surface area contributed by atoms with Gasteiger partial charge in [-0.25, -0.2) is 13.1 Å². The Morgan fingerprint density at radius 3 is 2.13 bits per heavy atom. The second-order valence-electron chi connectivity index (χ2n) is 4.08. The molecule has 1 N–H and O–H groups in total. The third-order valence-corrected chi connectivity index (χ3v) is 3.12. The van der Waals surface area contributed by atoms with Crippen LogP contribution in [-0.2, 0) is 14.8 Å². The minimum atomic E-state index is -3.30. The molecule has 0 spiro atoms. The van der Waals surface area contributed by atoms with Crippen molar-refractivity contribution < 1.29 is 13.2 Å². The Balaban J connectivity index is 4.23. The zero-order valence-electron chi connectivity index (χ0n) is 9.94. The van der Waals surface area contributed by atoms with Gasteiger partial charge in [-0.05, 0) is 12.8 Å². The molecular weight excluding hydrogens is 216 g/mol. The van der Waals surface area contributed by atoms with Crippen LogP contribution in [0.5, 0.6) is 0 Å². The molecule has 0 aromatic carbocycles. The summed E-state index contributed by atoms with van der Waals surface area (Å²) in [6, 6.07) is 0.0962. The van der Waals surface area contributed by atoms with E-state index in [1.165, 1.54) is 0 Å². The van der Waals surface area contributed by atoms with Crippen LogP contribution in [0.25, 0.3) is 0 Å². The van der Waals surface area contributed by atoms with Gasteiger partial charge in [0.05, 0.1) is 12.8 Å². The molecule has 0 aromatic heterocycles. The number of nitrogens with zero attached hydrogens (tertiary/aromatic N) is 1. The molecule has 0 aliphatic heterocycles. The summed E-state index contributed by atoms with van der Waals surface area (Å²) in [5.41, 5.74) is 0. The molecule has 15 heavy (non-hydrogen) atoms. The first kappa shape index (κ1) is 14.4. The Morgan fingerprint density at radius 2 is 1.80 bits per heavy atom. The fraction of sp³-hybridized carbons (Fsp3) is 0.889. The first-order valence-electron chi connectivity index (χ1n) is 4.85. The molecule has 0 unspecified atom stereocenters. The molecule has 0 rings (SSSR count). The van der Waals surface area contributed by atoms with Crippen molar-refractivity contribution in [3.8, 4) is 0 Å². The van der Waals surface area contributed by atoms with E-state index in [0.29, 0.717) is 5.92 Å². The summed E-state index contributed by atoms with van der Waals surface area (Å²) in [6.45, 7) is 5.78. The summed E-state index contributed by atoms with van der Waals surface area (Å²) in [5.74, 6) is 0.124. The van der Waals surface area contributed by atoms with Gasteiger partial charge in [-0.3, -0.25) is 4.79 Å². The molecule has 1 amide bonds. The lowest BCUT2D eigenvalue weighted by Gasteiger charge is -2.27. The topological polar surface area (TPSA) is 66.5 Å². The van der Waals surface area contributed by atoms with E-state index in [9.17, 15) is 13.2 Å². The third kappa shape index (κ3) is 5.74. The fourth-order valence-corrected chi connectivity index (χ4v) is 1.38. The second kappa shape index (κ2) is 5.46. The summed E-state index contributed by atoms with van der Waals surface area (Å²) in [7, 11) is -1.62. The first-order valence-corrected chi connectivity index (χ1v) is 6.74. The molecule has 6 heteroatoms. The van der Waals surface area contributed by atoms with Gasteiger partial charge in [0.2, 0.25) is 15.9 Å². The zero-order chi connectivity index (χ0) is 12.2. The van der Waals surface area contributed by atoms with Crippen LogP contribution in [0.15, 0.2) is 0 Å². The Labute approximate surface area is 91.9 Å². The maximum Gasteiger partial charge on any atom is 0.237 e. The van der Waals surface area contributed by atoms with Gasteiger partial charge >= 0.3 is 0 Å². The number of sulfonamides is 1. The van der Waals surface area contributed by atoms with E-state index in [0.717, 1.165) is 6.26 Å². The Kier molecular flexibility index (Phi) is 5.23. The largest absolute Gasteiger partial charge is 0.342 e. The predicted octanol–water partition coefficient (Wildman–Crippen LogP) is 0.0385. The number of amides is 1. The van der Waals surface area contributed by atoms with Gasteiger partial charge in [-0.1, -0.05) is 13.8 Å². The van der Waals surface area contributed by atoms with Gasteiger partial charge in [0.1, 0.15) is 0 Å². The van der Waals surface area contributed by atoms with Crippen LogP contribution in [0, 0.1) is 5.92 Å². The lowest BCUT2D eigenvalue weighted by atomic mass is 10.1. The molecule has 0 saturated carbocycles. The molecule has 0 aliphatic rings. The molecule has 0 aliphatic carbocycles. The Bertz CT molecular complexity index is 311. The highest BCUT2D eigenvalue weighted by Gasteiger charge is 2.18. The SMILES string of the molecule is CC(C)[C@@H](C)N(C)C(=O)CNS(C)(=O)=O. The van der Waals surface area contributed by atoms with Crippen LogP contribution >= 0.6 is 0 Å². The van der Waals surface area contributed by atoms with Crippen molar-refractivity contribution in [2.24, 2.45) is 5.92 Å². The number of rotatable bonds is 5. The molecule has 1 atom stereocenters. The standard InChI is InChI=1S/C9H20N2O3S/c1-7(2)8(3)11(4)9(12)6-10-15(5,13)14/h7-8,10H,6H2,1-5H3/t8-/m1/s1. The summed E-state index contributed by atoms with van der Waals surface area (Å²) in [5, 5.41) is 0. The van der Waals surface area contributed by atoms with E-state index in [1.54, 1.807) is 11.9 Å². The second-order valence-corrected chi connectivity index (χ2v) is 5.92. The van der Waals surface area contributed by atoms with Crippen LogP contribution in [0.3, 0.4) is 0 Å². The van der Waals surface area contributed by atoms with Gasteiger partial charge in [0.15, 0.2) is 0 Å². The molecule has 0 bridgehead atoms. The van der Waals surface area contributed by atoms with Crippen LogP contribution in [0.2, 0.25) is 0 Å². The number of carbonyl (C=O) groups is 1. The number of carbonyl (C=O) groups excluding carboxylic acids is 1. The van der Waals surface area contributed by atoms with Gasteiger partial charge in [0.25, 0.3) is 0 Å². The van der Waals surface area contributed by atoms with E-state index < -0.39 is 10.0 Å². The number of hydrogen-bond acceptors (Lipinski definition) is 3. The van der Waals surface area contributed by atoms with E-state index in [4.69, 9.17) is 0 Å². The van der Waals surface area contributed by atoms with Crippen molar-refractivity contribution in [2.75, 3.05) is 19.8 Å². The maximum absolute atomic E-state index is 11.5. The molecule has 0 saturated heterocycles. The smallest absolute Gasteiger partial charge is 0.237 e. The van der Waals surface area contributed by atoms with Crippen LogP contribution < -0.4 is 4.72 Å². The number of nitrogens with one attached hydrogen (secondary N) is 1. The van der Waals surface area contributed by atoms with Crippen molar-refractivity contribution in [3.05, 3.63) is 0 Å². The first-order chi connectivity index (χ1) is 6.65. The highest BCUT2D eigenvalue weighted by Crippen LogP contribution is 2.07. The van der Waals surface area contributed by atoms with Crippen LogP contribution in [0.4, 0.5) is 0 Å². The quantitative estimate of drug-likeness (QED) is 0.733. The monoisotopic (exact) mass is 236 g/mol. The summed E-state index contributed by atoms with van der Waals surface area (Å²) in [6.07, 6.45) is 1.03. The highest BCUT2D eigenvalue weighted by molar-refractivity contribution is 7.88. The molecule has 90 valence electrons. The average Bonchev–Trinajstić information content (AvgIpc) is 2.10. The number of hydrogen-bond donors (Lipinski definition) is 1. The van der Waals surface area contributed by atoms with Gasteiger partial charge in [0, 0.05) is 13.1 Å². The number of likely N-dealkylation sites (N-methyl/N-ethyl adjacent to an activating group) is 1. The van der Waals surface area contributed by atoms with Gasteiger partial charge < -0.3 is 4.90 Å². The van der Waals surface area contributed by atoms with E-state index in [1.807, 2.05) is 20.8 Å². The van der Waals surface area contributed by atoms with E-state index >= 15 is 0 Å². The zero-order valence-corrected chi connectivity index (χ0v) is 10.8. The lowest BCUT2D eigenvalue weighted by molar-refractivity contribution is -0.131. The summed E-state index contributed by atoms with van der Waals surface area (Å²) >= 11 is 0. The predicted molar refractivity (Wildman–Crippen MR) is 59.9 cm³/mol. The van der Waals surface area contributed by atoms with Gasteiger partial charge in [-0.15, -0.1) is 0 Å². The van der Waals surface area contributed by atoms with Crippen molar-refractivity contribution >= 4 is 15.9 Å². The molecule has 0 aromatic rings. The van der Waals surface area contributed by atoms with Gasteiger partial charge in [-0.2, -0.15) is 0 Å². The van der Waals surface area contributed by atoms with Crippen molar-refractivity contribution in [3.63, 3.8) is 0 Å². The van der Waals surface area contributed by atoms with Crippen molar-refractivity contribution in [2.45, 2.75) is 26.8 Å². The average molecular weight is 236 g/mol. The normalized spacial score (nSPS) is 14.0. The van der Waals surface area contributed by atoms with E-state index in [-0.39, 0.29) is 18.5 Å². The molecule has 0 radical (unpaired) electrons. The van der Waals surface area contributed by atoms with Crippen molar-refractivity contribution in [1.29, 1.82) is 0 Å².